The average Bonchev–Trinajstić information content (AvgIpc) is 2.36. The number of carbonyl (C=O) groups is 1. The molecule has 0 aliphatic heterocycles. The second kappa shape index (κ2) is 7.12. The molecule has 5 heteroatoms. The van der Waals surface area contributed by atoms with Crippen LogP contribution in [0, 0.1) is 12.8 Å². The second-order valence-electron chi connectivity index (χ2n) is 5.44. The summed E-state index contributed by atoms with van der Waals surface area (Å²) < 4.78 is 0. The van der Waals surface area contributed by atoms with Crippen molar-refractivity contribution >= 4 is 17.4 Å². The summed E-state index contributed by atoms with van der Waals surface area (Å²) in [5, 5.41) is 6.23. The van der Waals surface area contributed by atoms with Crippen LogP contribution in [0.2, 0.25) is 0 Å². The van der Waals surface area contributed by atoms with E-state index in [1.165, 1.54) is 6.42 Å². The summed E-state index contributed by atoms with van der Waals surface area (Å²) in [5.74, 6) is 1.27. The molecule has 0 spiro atoms. The number of anilines is 2. The van der Waals surface area contributed by atoms with Crippen molar-refractivity contribution in [2.75, 3.05) is 24.1 Å². The molecule has 110 valence electrons. The first kappa shape index (κ1) is 14.6. The van der Waals surface area contributed by atoms with Gasteiger partial charge in [-0.2, -0.15) is 0 Å². The number of rotatable bonds is 7. The molecule has 2 rings (SSSR count). The third-order valence-electron chi connectivity index (χ3n) is 3.88. The van der Waals surface area contributed by atoms with Gasteiger partial charge in [0, 0.05) is 25.2 Å². The van der Waals surface area contributed by atoms with Gasteiger partial charge in [0.1, 0.15) is 5.82 Å². The lowest BCUT2D eigenvalue weighted by Gasteiger charge is -2.24. The molecule has 0 unspecified atom stereocenters. The van der Waals surface area contributed by atoms with E-state index in [0.29, 0.717) is 5.69 Å². The Kier molecular flexibility index (Phi) is 5.21. The van der Waals surface area contributed by atoms with Crippen LogP contribution in [0.25, 0.3) is 0 Å². The Labute approximate surface area is 120 Å². The fourth-order valence-corrected chi connectivity index (χ4v) is 2.19. The van der Waals surface area contributed by atoms with Gasteiger partial charge in [-0.3, -0.25) is 4.79 Å². The second-order valence-corrected chi connectivity index (χ2v) is 5.44. The van der Waals surface area contributed by atoms with E-state index >= 15 is 0 Å². The molecule has 0 radical (unpaired) electrons. The Morgan fingerprint density at radius 1 is 1.40 bits per heavy atom. The number of carbonyl (C=O) groups excluding carboxylic acids is 1. The number of hydrogen-bond donors (Lipinski definition) is 3. The first-order chi connectivity index (χ1) is 9.68. The van der Waals surface area contributed by atoms with Gasteiger partial charge < -0.3 is 16.4 Å². The highest BCUT2D eigenvalue weighted by Crippen LogP contribution is 2.26. The topological polar surface area (TPSA) is 80.0 Å². The predicted octanol–water partition coefficient (Wildman–Crippen LogP) is 2.08. The molecule has 0 saturated heterocycles. The number of nitrogens with zero attached hydrogens (tertiary/aromatic N) is 1. The van der Waals surface area contributed by atoms with Gasteiger partial charge >= 0.3 is 0 Å². The Bertz CT molecular complexity index is 457. The number of nitrogens with one attached hydrogen (secondary N) is 2. The zero-order chi connectivity index (χ0) is 14.4. The molecule has 1 amide bonds. The summed E-state index contributed by atoms with van der Waals surface area (Å²) >= 11 is 0. The van der Waals surface area contributed by atoms with Gasteiger partial charge in [-0.1, -0.05) is 6.42 Å². The summed E-state index contributed by atoms with van der Waals surface area (Å²) in [4.78, 5) is 15.8. The normalized spacial score (nSPS) is 14.7. The van der Waals surface area contributed by atoms with E-state index in [4.69, 9.17) is 5.73 Å². The molecule has 5 nitrogen and oxygen atoms in total. The van der Waals surface area contributed by atoms with Crippen LogP contribution in [0.1, 0.15) is 37.7 Å². The van der Waals surface area contributed by atoms with E-state index in [1.54, 1.807) is 6.20 Å². The van der Waals surface area contributed by atoms with Crippen LogP contribution in [0.5, 0.6) is 0 Å². The Hall–Kier alpha value is -1.78. The smallest absolute Gasteiger partial charge is 0.223 e. The molecule has 0 bridgehead atoms. The van der Waals surface area contributed by atoms with Gasteiger partial charge in [0.2, 0.25) is 5.91 Å². The lowest BCUT2D eigenvalue weighted by atomic mass is 9.85. The molecule has 0 atom stereocenters. The number of aromatic nitrogens is 1. The average molecular weight is 276 g/mol. The van der Waals surface area contributed by atoms with Crippen LogP contribution in [0.3, 0.4) is 0 Å². The summed E-state index contributed by atoms with van der Waals surface area (Å²) in [6.45, 7) is 3.55. The Morgan fingerprint density at radius 3 is 2.85 bits per heavy atom. The number of aryl methyl sites for hydroxylation is 1. The summed E-state index contributed by atoms with van der Waals surface area (Å²) in [6.07, 6.45) is 7.04. The minimum atomic E-state index is 0.230. The number of unbranched alkanes of at least 4 members (excludes halogenated alkanes) is 1. The lowest BCUT2D eigenvalue weighted by Crippen LogP contribution is -2.35. The van der Waals surface area contributed by atoms with Crippen molar-refractivity contribution in [2.24, 2.45) is 5.92 Å². The maximum absolute atomic E-state index is 11.6. The number of nitrogens with two attached hydrogens (primary N) is 1. The maximum atomic E-state index is 11.6. The van der Waals surface area contributed by atoms with Crippen molar-refractivity contribution < 1.29 is 4.79 Å². The van der Waals surface area contributed by atoms with Gasteiger partial charge in [-0.15, -0.1) is 0 Å². The third-order valence-corrected chi connectivity index (χ3v) is 3.88. The molecule has 1 aliphatic rings. The van der Waals surface area contributed by atoms with E-state index in [2.05, 4.69) is 15.6 Å². The van der Waals surface area contributed by atoms with Crippen LogP contribution in [0.15, 0.2) is 12.3 Å². The highest BCUT2D eigenvalue weighted by Gasteiger charge is 2.24. The highest BCUT2D eigenvalue weighted by atomic mass is 16.1. The highest BCUT2D eigenvalue weighted by molar-refractivity contribution is 5.79. The largest absolute Gasteiger partial charge is 0.396 e. The van der Waals surface area contributed by atoms with Crippen molar-refractivity contribution in [1.29, 1.82) is 0 Å². The molecule has 1 saturated carbocycles. The summed E-state index contributed by atoms with van der Waals surface area (Å²) in [7, 11) is 0. The molecular weight excluding hydrogens is 252 g/mol. The molecular formula is C15H24N4O. The van der Waals surface area contributed by atoms with Crippen LogP contribution >= 0.6 is 0 Å². The zero-order valence-electron chi connectivity index (χ0n) is 12.1. The van der Waals surface area contributed by atoms with Gasteiger partial charge in [-0.25, -0.2) is 4.98 Å². The maximum Gasteiger partial charge on any atom is 0.223 e. The zero-order valence-corrected chi connectivity index (χ0v) is 12.1. The van der Waals surface area contributed by atoms with E-state index in [0.717, 1.165) is 50.2 Å². The first-order valence-corrected chi connectivity index (χ1v) is 7.41. The van der Waals surface area contributed by atoms with E-state index in [-0.39, 0.29) is 11.8 Å². The molecule has 1 heterocycles. The van der Waals surface area contributed by atoms with Gasteiger partial charge in [0.05, 0.1) is 5.69 Å². The van der Waals surface area contributed by atoms with Crippen LogP contribution in [-0.2, 0) is 4.79 Å². The van der Waals surface area contributed by atoms with Gasteiger partial charge in [0.15, 0.2) is 0 Å². The summed E-state index contributed by atoms with van der Waals surface area (Å²) in [6, 6.07) is 1.90. The number of nitrogen functional groups attached to an aromatic ring is 1. The van der Waals surface area contributed by atoms with E-state index in [1.807, 2.05) is 13.0 Å². The quantitative estimate of drug-likeness (QED) is 0.666. The number of pyridine rings is 1. The third kappa shape index (κ3) is 3.85. The number of hydrogen-bond acceptors (Lipinski definition) is 4. The molecule has 4 N–H and O–H groups in total. The van der Waals surface area contributed by atoms with Crippen molar-refractivity contribution in [3.63, 3.8) is 0 Å². The number of amides is 1. The van der Waals surface area contributed by atoms with Crippen molar-refractivity contribution in [3.05, 3.63) is 17.8 Å². The van der Waals surface area contributed by atoms with Crippen LogP contribution in [0.4, 0.5) is 11.5 Å². The molecule has 1 aromatic rings. The van der Waals surface area contributed by atoms with Crippen LogP contribution in [-0.4, -0.2) is 24.0 Å². The SMILES string of the molecule is Cc1ccnc(NCCCCNC(=O)C2CCC2)c1N. The Balaban J connectivity index is 1.57. The Morgan fingerprint density at radius 2 is 2.15 bits per heavy atom. The predicted molar refractivity (Wildman–Crippen MR) is 81.5 cm³/mol. The van der Waals surface area contributed by atoms with Crippen LogP contribution < -0.4 is 16.4 Å². The standard InChI is InChI=1S/C15H24N4O/c1-11-7-10-18-14(13(11)16)17-8-2-3-9-19-15(20)12-5-4-6-12/h7,10,12H,2-6,8-9,16H2,1H3,(H,17,18)(H,19,20). The fraction of sp³-hybridized carbons (Fsp3) is 0.600. The van der Waals surface area contributed by atoms with E-state index < -0.39 is 0 Å². The van der Waals surface area contributed by atoms with Crippen molar-refractivity contribution in [2.45, 2.75) is 39.0 Å². The molecule has 1 aliphatic carbocycles. The van der Waals surface area contributed by atoms with Crippen molar-refractivity contribution in [1.82, 2.24) is 10.3 Å². The van der Waals surface area contributed by atoms with E-state index in [9.17, 15) is 4.79 Å². The molecule has 0 aromatic carbocycles. The first-order valence-electron chi connectivity index (χ1n) is 7.41. The van der Waals surface area contributed by atoms with Gasteiger partial charge in [-0.05, 0) is 44.2 Å². The fourth-order valence-electron chi connectivity index (χ4n) is 2.19. The van der Waals surface area contributed by atoms with Gasteiger partial charge in [0.25, 0.3) is 0 Å². The molecule has 20 heavy (non-hydrogen) atoms. The monoisotopic (exact) mass is 276 g/mol. The summed E-state index contributed by atoms with van der Waals surface area (Å²) in [5.41, 5.74) is 7.69. The lowest BCUT2D eigenvalue weighted by molar-refractivity contribution is -0.127. The minimum Gasteiger partial charge on any atom is -0.396 e. The molecule has 1 aromatic heterocycles. The van der Waals surface area contributed by atoms with Crippen molar-refractivity contribution in [3.8, 4) is 0 Å². The molecule has 1 fully saturated rings. The minimum absolute atomic E-state index is 0.230.